The van der Waals surface area contributed by atoms with Crippen LogP contribution in [0.4, 0.5) is 0 Å². The molecule has 1 atom stereocenters. The maximum atomic E-state index is 12.8. The van der Waals surface area contributed by atoms with Crippen LogP contribution in [0.3, 0.4) is 0 Å². The van der Waals surface area contributed by atoms with E-state index in [9.17, 15) is 14.4 Å². The number of unbranched alkanes of at least 4 members (excludes halogenated alkanes) is 33. The molecule has 0 heterocycles. The predicted molar refractivity (Wildman–Crippen MR) is 270 cm³/mol. The summed E-state index contributed by atoms with van der Waals surface area (Å²) in [6.45, 7) is 6.62. The molecule has 6 nitrogen and oxygen atoms in total. The highest BCUT2D eigenvalue weighted by molar-refractivity contribution is 5.71. The first-order valence-corrected chi connectivity index (χ1v) is 27.5. The van der Waals surface area contributed by atoms with Crippen LogP contribution in [0.1, 0.15) is 290 Å². The van der Waals surface area contributed by atoms with Crippen molar-refractivity contribution in [3.05, 3.63) is 36.5 Å². The molecule has 0 aromatic carbocycles. The number of carbonyl (C=O) groups is 3. The molecular formula is C57H104O6. The van der Waals surface area contributed by atoms with Crippen LogP contribution in [0.15, 0.2) is 36.5 Å². The highest BCUT2D eigenvalue weighted by atomic mass is 16.6. The first-order chi connectivity index (χ1) is 31.0. The van der Waals surface area contributed by atoms with Crippen LogP contribution in [0.2, 0.25) is 0 Å². The number of rotatable bonds is 50. The zero-order chi connectivity index (χ0) is 45.8. The van der Waals surface area contributed by atoms with Gasteiger partial charge in [0.05, 0.1) is 0 Å². The first kappa shape index (κ1) is 60.6. The van der Waals surface area contributed by atoms with E-state index in [1.807, 2.05) is 0 Å². The summed E-state index contributed by atoms with van der Waals surface area (Å²) in [5.41, 5.74) is 0. The third kappa shape index (κ3) is 50.5. The van der Waals surface area contributed by atoms with Crippen LogP contribution in [0, 0.1) is 0 Å². The van der Waals surface area contributed by atoms with E-state index >= 15 is 0 Å². The lowest BCUT2D eigenvalue weighted by atomic mass is 10.0. The van der Waals surface area contributed by atoms with E-state index in [1.54, 1.807) is 0 Å². The zero-order valence-corrected chi connectivity index (χ0v) is 42.1. The third-order valence-electron chi connectivity index (χ3n) is 12.1. The molecule has 0 aliphatic heterocycles. The number of hydrogen-bond donors (Lipinski definition) is 0. The smallest absolute Gasteiger partial charge is 0.306 e. The monoisotopic (exact) mass is 885 g/mol. The Morgan fingerprint density at radius 3 is 0.905 bits per heavy atom. The second-order valence-electron chi connectivity index (χ2n) is 18.5. The van der Waals surface area contributed by atoms with Crippen molar-refractivity contribution in [1.29, 1.82) is 0 Å². The van der Waals surface area contributed by atoms with Crippen molar-refractivity contribution in [3.8, 4) is 0 Å². The number of allylic oxidation sites excluding steroid dienone is 6. The van der Waals surface area contributed by atoms with Gasteiger partial charge in [0, 0.05) is 19.3 Å². The van der Waals surface area contributed by atoms with Crippen molar-refractivity contribution in [3.63, 3.8) is 0 Å². The fourth-order valence-corrected chi connectivity index (χ4v) is 7.94. The minimum atomic E-state index is -0.777. The number of carbonyl (C=O) groups excluding carboxylic acids is 3. The molecule has 0 fully saturated rings. The lowest BCUT2D eigenvalue weighted by molar-refractivity contribution is -0.167. The summed E-state index contributed by atoms with van der Waals surface area (Å²) in [6, 6.07) is 0. The molecule has 0 aliphatic carbocycles. The van der Waals surface area contributed by atoms with Gasteiger partial charge in [-0.05, 0) is 77.0 Å². The molecule has 0 aromatic rings. The van der Waals surface area contributed by atoms with Crippen molar-refractivity contribution >= 4 is 17.9 Å². The highest BCUT2D eigenvalue weighted by Gasteiger charge is 2.19. The van der Waals surface area contributed by atoms with Gasteiger partial charge in [-0.25, -0.2) is 0 Å². The quantitative estimate of drug-likeness (QED) is 0.0262. The molecule has 368 valence electrons. The molecular weight excluding hydrogens is 781 g/mol. The molecule has 63 heavy (non-hydrogen) atoms. The number of esters is 3. The Kier molecular flexibility index (Phi) is 50.3. The number of hydrogen-bond acceptors (Lipinski definition) is 6. The lowest BCUT2D eigenvalue weighted by Gasteiger charge is -2.18. The molecule has 0 N–H and O–H groups in total. The molecule has 1 unspecified atom stereocenters. The molecule has 0 saturated carbocycles. The summed E-state index contributed by atoms with van der Waals surface area (Å²) in [6.07, 6.45) is 61.2. The molecule has 6 heteroatoms. The molecule has 0 spiro atoms. The summed E-state index contributed by atoms with van der Waals surface area (Å²) >= 11 is 0. The van der Waals surface area contributed by atoms with Crippen molar-refractivity contribution in [2.75, 3.05) is 13.2 Å². The molecule has 0 aromatic heterocycles. The van der Waals surface area contributed by atoms with Crippen LogP contribution in [-0.4, -0.2) is 37.2 Å². The Labute approximate surface area is 391 Å². The van der Waals surface area contributed by atoms with Crippen LogP contribution in [0.5, 0.6) is 0 Å². The predicted octanol–water partition coefficient (Wildman–Crippen LogP) is 18.1. The Morgan fingerprint density at radius 1 is 0.317 bits per heavy atom. The van der Waals surface area contributed by atoms with Gasteiger partial charge in [0.15, 0.2) is 6.10 Å². The molecule has 0 rings (SSSR count). The minimum absolute atomic E-state index is 0.0779. The number of ether oxygens (including phenoxy) is 3. The molecule has 0 aliphatic rings. The third-order valence-corrected chi connectivity index (χ3v) is 12.1. The molecule has 0 amide bonds. The van der Waals surface area contributed by atoms with E-state index in [0.29, 0.717) is 19.3 Å². The van der Waals surface area contributed by atoms with E-state index in [1.165, 1.54) is 167 Å². The minimum Gasteiger partial charge on any atom is -0.462 e. The maximum absolute atomic E-state index is 12.8. The fourth-order valence-electron chi connectivity index (χ4n) is 7.94. The van der Waals surface area contributed by atoms with E-state index in [4.69, 9.17) is 14.2 Å². The van der Waals surface area contributed by atoms with Crippen molar-refractivity contribution in [2.45, 2.75) is 297 Å². The summed E-state index contributed by atoms with van der Waals surface area (Å²) in [5.74, 6) is -0.885. The van der Waals surface area contributed by atoms with Crippen molar-refractivity contribution < 1.29 is 28.6 Å². The second kappa shape index (κ2) is 52.3. The summed E-state index contributed by atoms with van der Waals surface area (Å²) in [4.78, 5) is 38.0. The second-order valence-corrected chi connectivity index (χ2v) is 18.5. The molecule has 0 saturated heterocycles. The van der Waals surface area contributed by atoms with Crippen LogP contribution < -0.4 is 0 Å². The van der Waals surface area contributed by atoms with E-state index in [-0.39, 0.29) is 31.1 Å². The maximum Gasteiger partial charge on any atom is 0.306 e. The van der Waals surface area contributed by atoms with Gasteiger partial charge >= 0.3 is 17.9 Å². The lowest BCUT2D eigenvalue weighted by Crippen LogP contribution is -2.30. The van der Waals surface area contributed by atoms with Crippen molar-refractivity contribution in [1.82, 2.24) is 0 Å². The van der Waals surface area contributed by atoms with E-state index in [2.05, 4.69) is 57.2 Å². The van der Waals surface area contributed by atoms with Crippen LogP contribution in [-0.2, 0) is 28.6 Å². The van der Waals surface area contributed by atoms with Crippen LogP contribution >= 0.6 is 0 Å². The van der Waals surface area contributed by atoms with Gasteiger partial charge in [-0.15, -0.1) is 0 Å². The summed E-state index contributed by atoms with van der Waals surface area (Å²) in [7, 11) is 0. The van der Waals surface area contributed by atoms with Gasteiger partial charge in [-0.2, -0.15) is 0 Å². The topological polar surface area (TPSA) is 78.9 Å². The highest BCUT2D eigenvalue weighted by Crippen LogP contribution is 2.16. The van der Waals surface area contributed by atoms with Crippen molar-refractivity contribution in [2.24, 2.45) is 0 Å². The SMILES string of the molecule is CCCCCC/C=C\C/C=C\CCCCCCCC(=O)OCC(COC(=O)CCCCCCC/C=C\CCCCCCC)OC(=O)CCCCCCCCCCCCCCCCC. The van der Waals surface area contributed by atoms with Gasteiger partial charge in [-0.3, -0.25) is 14.4 Å². The van der Waals surface area contributed by atoms with Gasteiger partial charge in [-0.1, -0.05) is 231 Å². The van der Waals surface area contributed by atoms with Gasteiger partial charge in [0.25, 0.3) is 0 Å². The summed E-state index contributed by atoms with van der Waals surface area (Å²) < 4.78 is 16.8. The largest absolute Gasteiger partial charge is 0.462 e. The fraction of sp³-hybridized carbons (Fsp3) is 0.842. The van der Waals surface area contributed by atoms with Gasteiger partial charge < -0.3 is 14.2 Å². The normalized spacial score (nSPS) is 12.2. The molecule has 0 bridgehead atoms. The Bertz CT molecular complexity index is 1060. The summed E-state index contributed by atoms with van der Waals surface area (Å²) in [5, 5.41) is 0. The van der Waals surface area contributed by atoms with E-state index < -0.39 is 6.10 Å². The van der Waals surface area contributed by atoms with E-state index in [0.717, 1.165) is 83.5 Å². The zero-order valence-electron chi connectivity index (χ0n) is 42.1. The Hall–Kier alpha value is -2.37. The standard InChI is InChI=1S/C57H104O6/c1-4-7-10-13-16-19-22-25-28-30-32-35-38-41-44-47-50-56(59)62-53-54(52-61-55(58)49-46-43-40-37-34-31-27-24-21-18-15-12-9-6-3)63-57(60)51-48-45-42-39-36-33-29-26-23-20-17-14-11-8-5-2/h19,22,24,27-28,30,54H,4-18,20-21,23,25-26,29,31-53H2,1-3H3/b22-19-,27-24-,30-28-. The van der Waals surface area contributed by atoms with Gasteiger partial charge in [0.2, 0.25) is 0 Å². The Balaban J connectivity index is 4.38. The van der Waals surface area contributed by atoms with Crippen LogP contribution in [0.25, 0.3) is 0 Å². The average Bonchev–Trinajstić information content (AvgIpc) is 3.28. The molecule has 0 radical (unpaired) electrons. The first-order valence-electron chi connectivity index (χ1n) is 27.5. The average molecular weight is 885 g/mol. The van der Waals surface area contributed by atoms with Gasteiger partial charge in [0.1, 0.15) is 13.2 Å². The Morgan fingerprint density at radius 2 is 0.571 bits per heavy atom.